The Labute approximate surface area is 143 Å². The third kappa shape index (κ3) is 3.44. The Morgan fingerprint density at radius 3 is 2.25 bits per heavy atom. The van der Waals surface area contributed by atoms with Crippen LogP contribution in [0, 0.1) is 13.8 Å². The van der Waals surface area contributed by atoms with E-state index in [0.29, 0.717) is 13.1 Å². The topological polar surface area (TPSA) is 43.8 Å². The maximum atomic E-state index is 11.2. The SMILES string of the molecule is Cc1ccc(C(c2ccccc2)N2CCN(C(=O)O)CC2)c(C)c1. The van der Waals surface area contributed by atoms with Gasteiger partial charge in [-0.15, -0.1) is 0 Å². The van der Waals surface area contributed by atoms with Crippen LogP contribution in [0.4, 0.5) is 4.79 Å². The number of benzene rings is 2. The van der Waals surface area contributed by atoms with Crippen LogP contribution in [0.25, 0.3) is 0 Å². The molecule has 1 heterocycles. The molecule has 4 heteroatoms. The number of piperazine rings is 1. The average Bonchev–Trinajstić information content (AvgIpc) is 2.58. The van der Waals surface area contributed by atoms with Crippen molar-refractivity contribution in [2.24, 2.45) is 0 Å². The number of rotatable bonds is 3. The van der Waals surface area contributed by atoms with Gasteiger partial charge in [-0.2, -0.15) is 0 Å². The molecule has 1 aliphatic heterocycles. The molecular weight excluding hydrogens is 300 g/mol. The minimum atomic E-state index is -0.822. The molecule has 0 spiro atoms. The molecule has 0 bridgehead atoms. The molecular formula is C20H24N2O2. The molecule has 2 aromatic carbocycles. The third-order valence-electron chi connectivity index (χ3n) is 4.79. The highest BCUT2D eigenvalue weighted by Gasteiger charge is 2.28. The third-order valence-corrected chi connectivity index (χ3v) is 4.79. The minimum absolute atomic E-state index is 0.169. The second-order valence-electron chi connectivity index (χ2n) is 6.48. The Morgan fingerprint density at radius 1 is 1.00 bits per heavy atom. The smallest absolute Gasteiger partial charge is 0.407 e. The number of carboxylic acid groups (broad SMARTS) is 1. The summed E-state index contributed by atoms with van der Waals surface area (Å²) in [5.74, 6) is 0. The molecule has 1 fully saturated rings. The van der Waals surface area contributed by atoms with Crippen molar-refractivity contribution in [2.75, 3.05) is 26.2 Å². The zero-order valence-electron chi connectivity index (χ0n) is 14.3. The van der Waals surface area contributed by atoms with Gasteiger partial charge in [0, 0.05) is 26.2 Å². The second kappa shape index (κ2) is 7.05. The van der Waals surface area contributed by atoms with Crippen LogP contribution in [-0.4, -0.2) is 47.2 Å². The monoisotopic (exact) mass is 324 g/mol. The Bertz CT molecular complexity index is 707. The van der Waals surface area contributed by atoms with Gasteiger partial charge in [0.25, 0.3) is 0 Å². The molecule has 1 aliphatic rings. The first-order valence-corrected chi connectivity index (χ1v) is 8.40. The number of hydrogen-bond acceptors (Lipinski definition) is 2. The molecule has 1 N–H and O–H groups in total. The van der Waals surface area contributed by atoms with E-state index in [1.807, 2.05) is 6.07 Å². The Kier molecular flexibility index (Phi) is 4.86. The first kappa shape index (κ1) is 16.5. The number of hydrogen-bond donors (Lipinski definition) is 1. The molecule has 2 aromatic rings. The fourth-order valence-electron chi connectivity index (χ4n) is 3.53. The maximum absolute atomic E-state index is 11.2. The van der Waals surface area contributed by atoms with Crippen LogP contribution in [0.2, 0.25) is 0 Å². The van der Waals surface area contributed by atoms with Crippen molar-refractivity contribution < 1.29 is 9.90 Å². The predicted octanol–water partition coefficient (Wildman–Crippen LogP) is 3.69. The molecule has 0 aromatic heterocycles. The van der Waals surface area contributed by atoms with Crippen LogP contribution in [-0.2, 0) is 0 Å². The molecule has 1 amide bonds. The zero-order chi connectivity index (χ0) is 17.1. The highest BCUT2D eigenvalue weighted by molar-refractivity contribution is 5.65. The Balaban J connectivity index is 1.93. The maximum Gasteiger partial charge on any atom is 0.407 e. The van der Waals surface area contributed by atoms with Crippen molar-refractivity contribution in [1.82, 2.24) is 9.80 Å². The first-order chi connectivity index (χ1) is 11.6. The lowest BCUT2D eigenvalue weighted by molar-refractivity contribution is 0.0931. The lowest BCUT2D eigenvalue weighted by Crippen LogP contribution is -2.49. The number of nitrogens with zero attached hydrogens (tertiary/aromatic N) is 2. The van der Waals surface area contributed by atoms with Gasteiger partial charge in [-0.3, -0.25) is 4.90 Å². The van der Waals surface area contributed by atoms with Gasteiger partial charge in [0.05, 0.1) is 6.04 Å². The lowest BCUT2D eigenvalue weighted by atomic mass is 9.92. The Morgan fingerprint density at radius 2 is 1.67 bits per heavy atom. The fourth-order valence-corrected chi connectivity index (χ4v) is 3.53. The summed E-state index contributed by atoms with van der Waals surface area (Å²) in [7, 11) is 0. The van der Waals surface area contributed by atoms with Gasteiger partial charge in [0.15, 0.2) is 0 Å². The highest BCUT2D eigenvalue weighted by Crippen LogP contribution is 2.32. The molecule has 1 unspecified atom stereocenters. The van der Waals surface area contributed by atoms with E-state index in [-0.39, 0.29) is 6.04 Å². The van der Waals surface area contributed by atoms with E-state index in [4.69, 9.17) is 0 Å². The van der Waals surface area contributed by atoms with E-state index in [2.05, 4.69) is 61.2 Å². The van der Waals surface area contributed by atoms with Crippen LogP contribution in [0.5, 0.6) is 0 Å². The quantitative estimate of drug-likeness (QED) is 0.936. The summed E-state index contributed by atoms with van der Waals surface area (Å²) < 4.78 is 0. The van der Waals surface area contributed by atoms with Crippen LogP contribution < -0.4 is 0 Å². The summed E-state index contributed by atoms with van der Waals surface area (Å²) in [6.07, 6.45) is -0.822. The minimum Gasteiger partial charge on any atom is -0.465 e. The number of aryl methyl sites for hydroxylation is 2. The molecule has 1 saturated heterocycles. The average molecular weight is 324 g/mol. The molecule has 1 atom stereocenters. The van der Waals surface area contributed by atoms with E-state index in [1.54, 1.807) is 0 Å². The van der Waals surface area contributed by atoms with Gasteiger partial charge in [0.1, 0.15) is 0 Å². The number of carbonyl (C=O) groups is 1. The van der Waals surface area contributed by atoms with Crippen LogP contribution >= 0.6 is 0 Å². The summed E-state index contributed by atoms with van der Waals surface area (Å²) >= 11 is 0. The highest BCUT2D eigenvalue weighted by atomic mass is 16.4. The number of amides is 1. The van der Waals surface area contributed by atoms with E-state index in [0.717, 1.165) is 13.1 Å². The van der Waals surface area contributed by atoms with Crippen LogP contribution in [0.15, 0.2) is 48.5 Å². The van der Waals surface area contributed by atoms with E-state index < -0.39 is 6.09 Å². The lowest BCUT2D eigenvalue weighted by Gasteiger charge is -2.39. The normalized spacial score (nSPS) is 16.8. The van der Waals surface area contributed by atoms with Gasteiger partial charge in [0.2, 0.25) is 0 Å². The van der Waals surface area contributed by atoms with Gasteiger partial charge < -0.3 is 10.0 Å². The van der Waals surface area contributed by atoms with Crippen molar-refractivity contribution in [3.8, 4) is 0 Å². The van der Waals surface area contributed by atoms with Gasteiger partial charge in [-0.25, -0.2) is 4.79 Å². The first-order valence-electron chi connectivity index (χ1n) is 8.40. The van der Waals surface area contributed by atoms with E-state index in [1.165, 1.54) is 27.2 Å². The molecule has 3 rings (SSSR count). The standard InChI is InChI=1S/C20H24N2O2/c1-15-8-9-18(16(2)14-15)19(17-6-4-3-5-7-17)21-10-12-22(13-11-21)20(23)24/h3-9,14,19H,10-13H2,1-2H3,(H,23,24). The zero-order valence-corrected chi connectivity index (χ0v) is 14.3. The van der Waals surface area contributed by atoms with Crippen molar-refractivity contribution in [1.29, 1.82) is 0 Å². The molecule has 0 radical (unpaired) electrons. The largest absolute Gasteiger partial charge is 0.465 e. The summed E-state index contributed by atoms with van der Waals surface area (Å²) in [6, 6.07) is 17.3. The molecule has 0 saturated carbocycles. The summed E-state index contributed by atoms with van der Waals surface area (Å²) in [6.45, 7) is 6.89. The molecule has 0 aliphatic carbocycles. The predicted molar refractivity (Wildman–Crippen MR) is 95.4 cm³/mol. The van der Waals surface area contributed by atoms with Gasteiger partial charge in [-0.05, 0) is 30.5 Å². The van der Waals surface area contributed by atoms with Crippen LogP contribution in [0.3, 0.4) is 0 Å². The summed E-state index contributed by atoms with van der Waals surface area (Å²) in [5, 5.41) is 9.18. The van der Waals surface area contributed by atoms with Gasteiger partial charge >= 0.3 is 6.09 Å². The summed E-state index contributed by atoms with van der Waals surface area (Å²) in [5.41, 5.74) is 5.10. The molecule has 4 nitrogen and oxygen atoms in total. The van der Waals surface area contributed by atoms with E-state index in [9.17, 15) is 9.90 Å². The van der Waals surface area contributed by atoms with Crippen molar-refractivity contribution in [3.63, 3.8) is 0 Å². The fraction of sp³-hybridized carbons (Fsp3) is 0.350. The Hall–Kier alpha value is -2.33. The molecule has 126 valence electrons. The van der Waals surface area contributed by atoms with E-state index >= 15 is 0 Å². The van der Waals surface area contributed by atoms with Crippen molar-refractivity contribution >= 4 is 6.09 Å². The van der Waals surface area contributed by atoms with Crippen LogP contribution in [0.1, 0.15) is 28.3 Å². The van der Waals surface area contributed by atoms with Crippen molar-refractivity contribution in [3.05, 3.63) is 70.8 Å². The molecule has 24 heavy (non-hydrogen) atoms. The van der Waals surface area contributed by atoms with Gasteiger partial charge in [-0.1, -0.05) is 54.1 Å². The summed E-state index contributed by atoms with van der Waals surface area (Å²) in [4.78, 5) is 15.1. The van der Waals surface area contributed by atoms with Crippen molar-refractivity contribution in [2.45, 2.75) is 19.9 Å². The second-order valence-corrected chi connectivity index (χ2v) is 6.48.